The van der Waals surface area contributed by atoms with Gasteiger partial charge in [-0.2, -0.15) is 4.98 Å². The number of hydrogen-bond donors (Lipinski definition) is 0. The molecule has 4 rings (SSSR count). The van der Waals surface area contributed by atoms with E-state index in [2.05, 4.69) is 15.1 Å². The number of thiophene rings is 1. The molecule has 0 unspecified atom stereocenters. The topological polar surface area (TPSA) is 78.1 Å². The van der Waals surface area contributed by atoms with Gasteiger partial charge in [-0.25, -0.2) is 4.79 Å². The van der Waals surface area contributed by atoms with Gasteiger partial charge in [0.2, 0.25) is 5.82 Å². The van der Waals surface area contributed by atoms with Crippen LogP contribution in [0.4, 0.5) is 0 Å². The van der Waals surface area contributed by atoms with Gasteiger partial charge in [-0.05, 0) is 42.6 Å². The Bertz CT molecular complexity index is 1090. The predicted molar refractivity (Wildman–Crippen MR) is 98.2 cm³/mol. The number of ether oxygens (including phenoxy) is 1. The van der Waals surface area contributed by atoms with Gasteiger partial charge in [0.1, 0.15) is 0 Å². The molecule has 8 heteroatoms. The van der Waals surface area contributed by atoms with Gasteiger partial charge < -0.3 is 9.26 Å². The standard InChI is InChI=1S/C18H12ClN3O3S/c1-10-13(8-11-7-12(19)4-5-14(11)20-10)18(23)24-9-16-21-17(25-22-16)15-3-2-6-26-15/h2-8H,9H2,1H3. The molecule has 3 heterocycles. The minimum absolute atomic E-state index is 0.0826. The fourth-order valence-corrected chi connectivity index (χ4v) is 3.30. The zero-order chi connectivity index (χ0) is 18.1. The summed E-state index contributed by atoms with van der Waals surface area (Å²) in [6.07, 6.45) is 0. The Kier molecular flexibility index (Phi) is 4.40. The lowest BCUT2D eigenvalue weighted by Gasteiger charge is -2.07. The summed E-state index contributed by atoms with van der Waals surface area (Å²) in [5.41, 5.74) is 1.72. The quantitative estimate of drug-likeness (QED) is 0.475. The highest BCUT2D eigenvalue weighted by Gasteiger charge is 2.16. The van der Waals surface area contributed by atoms with Crippen LogP contribution in [-0.2, 0) is 11.3 Å². The fraction of sp³-hybridized carbons (Fsp3) is 0.111. The number of aryl methyl sites for hydroxylation is 1. The van der Waals surface area contributed by atoms with Crippen LogP contribution in [0.15, 0.2) is 46.3 Å². The number of hydrogen-bond acceptors (Lipinski definition) is 7. The number of fused-ring (bicyclic) bond motifs is 1. The SMILES string of the molecule is Cc1nc2ccc(Cl)cc2cc1C(=O)OCc1noc(-c2cccs2)n1. The molecule has 0 fully saturated rings. The number of esters is 1. The Balaban J connectivity index is 1.51. The van der Waals surface area contributed by atoms with E-state index in [0.29, 0.717) is 28.0 Å². The van der Waals surface area contributed by atoms with E-state index in [4.69, 9.17) is 20.9 Å². The molecule has 0 bridgehead atoms. The summed E-state index contributed by atoms with van der Waals surface area (Å²) in [6.45, 7) is 1.68. The van der Waals surface area contributed by atoms with Gasteiger partial charge in [0, 0.05) is 10.4 Å². The maximum absolute atomic E-state index is 12.4. The second-order valence-corrected chi connectivity index (χ2v) is 6.91. The first-order chi connectivity index (χ1) is 12.6. The summed E-state index contributed by atoms with van der Waals surface area (Å²) >= 11 is 7.50. The highest BCUT2D eigenvalue weighted by molar-refractivity contribution is 7.13. The first kappa shape index (κ1) is 16.7. The Morgan fingerprint density at radius 2 is 2.15 bits per heavy atom. The molecule has 0 radical (unpaired) electrons. The smallest absolute Gasteiger partial charge is 0.340 e. The molecule has 0 aliphatic heterocycles. The van der Waals surface area contributed by atoms with Crippen molar-refractivity contribution < 1.29 is 14.1 Å². The zero-order valence-corrected chi connectivity index (χ0v) is 15.2. The van der Waals surface area contributed by atoms with E-state index in [1.807, 2.05) is 23.6 Å². The molecule has 130 valence electrons. The number of rotatable bonds is 4. The maximum Gasteiger partial charge on any atom is 0.340 e. The summed E-state index contributed by atoms with van der Waals surface area (Å²) in [5, 5.41) is 7.10. The van der Waals surface area contributed by atoms with Crippen molar-refractivity contribution in [2.24, 2.45) is 0 Å². The molecule has 0 aliphatic rings. The van der Waals surface area contributed by atoms with Crippen molar-refractivity contribution in [2.45, 2.75) is 13.5 Å². The summed E-state index contributed by atoms with van der Waals surface area (Å²) in [4.78, 5) is 21.9. The molecule has 4 aromatic rings. The molecule has 26 heavy (non-hydrogen) atoms. The Morgan fingerprint density at radius 3 is 2.96 bits per heavy atom. The zero-order valence-electron chi connectivity index (χ0n) is 13.6. The third-order valence-corrected chi connectivity index (χ3v) is 4.81. The molecule has 0 aliphatic carbocycles. The maximum atomic E-state index is 12.4. The van der Waals surface area contributed by atoms with E-state index in [1.54, 1.807) is 25.1 Å². The van der Waals surface area contributed by atoms with E-state index < -0.39 is 5.97 Å². The van der Waals surface area contributed by atoms with E-state index in [9.17, 15) is 4.79 Å². The van der Waals surface area contributed by atoms with Crippen LogP contribution in [0.3, 0.4) is 0 Å². The average molecular weight is 386 g/mol. The highest BCUT2D eigenvalue weighted by Crippen LogP contribution is 2.23. The molecule has 0 atom stereocenters. The van der Waals surface area contributed by atoms with Gasteiger partial charge in [-0.15, -0.1) is 11.3 Å². The van der Waals surface area contributed by atoms with Gasteiger partial charge in [0.25, 0.3) is 5.89 Å². The van der Waals surface area contributed by atoms with Crippen molar-refractivity contribution in [1.29, 1.82) is 0 Å². The number of nitrogens with zero attached hydrogens (tertiary/aromatic N) is 3. The monoisotopic (exact) mass is 385 g/mol. The molecular weight excluding hydrogens is 374 g/mol. The third-order valence-electron chi connectivity index (χ3n) is 3.72. The van der Waals surface area contributed by atoms with Crippen LogP contribution in [0, 0.1) is 6.92 Å². The van der Waals surface area contributed by atoms with Crippen molar-refractivity contribution in [3.8, 4) is 10.8 Å². The molecule has 0 saturated carbocycles. The average Bonchev–Trinajstić information content (AvgIpc) is 3.30. The molecule has 0 saturated heterocycles. The first-order valence-corrected chi connectivity index (χ1v) is 8.96. The molecule has 1 aromatic carbocycles. The van der Waals surface area contributed by atoms with Crippen LogP contribution in [0.1, 0.15) is 21.9 Å². The number of benzene rings is 1. The summed E-state index contributed by atoms with van der Waals surface area (Å²) < 4.78 is 10.5. The first-order valence-electron chi connectivity index (χ1n) is 7.70. The molecular formula is C18H12ClN3O3S. The number of aromatic nitrogens is 3. The van der Waals surface area contributed by atoms with Gasteiger partial charge >= 0.3 is 5.97 Å². The fourth-order valence-electron chi connectivity index (χ4n) is 2.47. The molecule has 0 spiro atoms. The van der Waals surface area contributed by atoms with Crippen LogP contribution in [0.25, 0.3) is 21.7 Å². The normalized spacial score (nSPS) is 11.0. The Labute approximate surface area is 157 Å². The van der Waals surface area contributed by atoms with Gasteiger partial charge in [0.15, 0.2) is 6.61 Å². The van der Waals surface area contributed by atoms with Crippen LogP contribution < -0.4 is 0 Å². The van der Waals surface area contributed by atoms with Gasteiger partial charge in [-0.3, -0.25) is 4.98 Å². The minimum atomic E-state index is -0.501. The van der Waals surface area contributed by atoms with Crippen LogP contribution in [0.5, 0.6) is 0 Å². The van der Waals surface area contributed by atoms with E-state index >= 15 is 0 Å². The van der Waals surface area contributed by atoms with Crippen molar-refractivity contribution in [1.82, 2.24) is 15.1 Å². The van der Waals surface area contributed by atoms with Crippen molar-refractivity contribution in [3.63, 3.8) is 0 Å². The second kappa shape index (κ2) is 6.86. The van der Waals surface area contributed by atoms with Crippen LogP contribution in [0.2, 0.25) is 5.02 Å². The van der Waals surface area contributed by atoms with Crippen molar-refractivity contribution in [2.75, 3.05) is 0 Å². The van der Waals surface area contributed by atoms with E-state index in [1.165, 1.54) is 11.3 Å². The van der Waals surface area contributed by atoms with Crippen molar-refractivity contribution >= 4 is 39.8 Å². The Hall–Kier alpha value is -2.77. The summed E-state index contributed by atoms with van der Waals surface area (Å²) in [5.74, 6) is 0.208. The number of carbonyl (C=O) groups is 1. The number of halogens is 1. The summed E-state index contributed by atoms with van der Waals surface area (Å²) in [7, 11) is 0. The highest BCUT2D eigenvalue weighted by atomic mass is 35.5. The molecule has 3 aromatic heterocycles. The summed E-state index contributed by atoms with van der Waals surface area (Å²) in [6, 6.07) is 10.8. The largest absolute Gasteiger partial charge is 0.454 e. The number of carbonyl (C=O) groups excluding carboxylic acids is 1. The lowest BCUT2D eigenvalue weighted by Crippen LogP contribution is -2.09. The lowest BCUT2D eigenvalue weighted by atomic mass is 10.1. The number of pyridine rings is 1. The predicted octanol–water partition coefficient (Wildman–Crippen LogP) is 4.67. The van der Waals surface area contributed by atoms with Crippen LogP contribution in [-0.4, -0.2) is 21.1 Å². The molecule has 0 amide bonds. The van der Waals surface area contributed by atoms with Gasteiger partial charge in [-0.1, -0.05) is 22.8 Å². The Morgan fingerprint density at radius 1 is 1.27 bits per heavy atom. The lowest BCUT2D eigenvalue weighted by molar-refractivity contribution is 0.0458. The van der Waals surface area contributed by atoms with E-state index in [0.717, 1.165) is 15.8 Å². The van der Waals surface area contributed by atoms with Crippen LogP contribution >= 0.6 is 22.9 Å². The minimum Gasteiger partial charge on any atom is -0.454 e. The molecule has 0 N–H and O–H groups in total. The van der Waals surface area contributed by atoms with Gasteiger partial charge in [0.05, 0.1) is 21.7 Å². The van der Waals surface area contributed by atoms with E-state index in [-0.39, 0.29) is 6.61 Å². The second-order valence-electron chi connectivity index (χ2n) is 5.53. The third kappa shape index (κ3) is 3.31. The molecule has 6 nitrogen and oxygen atoms in total. The van der Waals surface area contributed by atoms with Crippen molar-refractivity contribution in [3.05, 3.63) is 63.9 Å².